The number of benzene rings is 1. The van der Waals surface area contributed by atoms with Crippen LogP contribution in [0.2, 0.25) is 0 Å². The number of amides is 1. The average molecular weight is 386 g/mol. The van der Waals surface area contributed by atoms with Crippen LogP contribution >= 0.6 is 0 Å². The van der Waals surface area contributed by atoms with Crippen molar-refractivity contribution in [2.75, 3.05) is 12.4 Å². The Bertz CT molecular complexity index is 944. The molecule has 2 aromatic rings. The first-order chi connectivity index (χ1) is 13.1. The summed E-state index contributed by atoms with van der Waals surface area (Å²) in [4.78, 5) is 50.8. The van der Waals surface area contributed by atoms with Crippen molar-refractivity contribution in [2.45, 2.75) is 33.8 Å². The molecule has 0 aliphatic heterocycles. The summed E-state index contributed by atoms with van der Waals surface area (Å²) in [6.07, 6.45) is -1.10. The van der Waals surface area contributed by atoms with Crippen LogP contribution in [0.5, 0.6) is 0 Å². The van der Waals surface area contributed by atoms with Gasteiger partial charge in [-0.15, -0.1) is 0 Å². The Morgan fingerprint density at radius 1 is 1.11 bits per heavy atom. The molecule has 8 heteroatoms. The second kappa shape index (κ2) is 8.51. The van der Waals surface area contributed by atoms with E-state index in [1.54, 1.807) is 32.0 Å². The van der Waals surface area contributed by atoms with E-state index in [1.165, 1.54) is 27.0 Å². The van der Waals surface area contributed by atoms with Crippen LogP contribution in [-0.2, 0) is 14.3 Å². The Morgan fingerprint density at radius 2 is 1.79 bits per heavy atom. The number of aromatic amines is 1. The van der Waals surface area contributed by atoms with E-state index in [-0.39, 0.29) is 17.0 Å². The number of rotatable bonds is 6. The number of Topliss-reactive ketones (excluding diaryl/α,β-unsaturated/α-hetero) is 1. The number of ketones is 1. The third kappa shape index (κ3) is 4.46. The summed E-state index contributed by atoms with van der Waals surface area (Å²) in [6.45, 7) is 6.07. The van der Waals surface area contributed by atoms with Gasteiger partial charge in [0.1, 0.15) is 5.69 Å². The fraction of sp³-hybridized carbons (Fsp3) is 0.300. The minimum Gasteiger partial charge on any atom is -0.465 e. The van der Waals surface area contributed by atoms with Crippen LogP contribution in [0.1, 0.15) is 56.3 Å². The molecule has 0 unspecified atom stereocenters. The van der Waals surface area contributed by atoms with E-state index in [1.807, 2.05) is 0 Å². The number of carbonyl (C=O) groups excluding carboxylic acids is 4. The SMILES string of the molecule is COC(=O)c1c(C)[nH]c(C(=O)O[C@@H](C)C(=O)Nc2cccc(C(C)=O)c2)c1C. The van der Waals surface area contributed by atoms with Crippen molar-refractivity contribution in [1.82, 2.24) is 4.98 Å². The highest BCUT2D eigenvalue weighted by molar-refractivity contribution is 6.01. The van der Waals surface area contributed by atoms with Gasteiger partial charge in [-0.25, -0.2) is 9.59 Å². The maximum Gasteiger partial charge on any atom is 0.355 e. The lowest BCUT2D eigenvalue weighted by Crippen LogP contribution is -2.30. The van der Waals surface area contributed by atoms with Crippen LogP contribution in [0.25, 0.3) is 0 Å². The van der Waals surface area contributed by atoms with Crippen molar-refractivity contribution >= 4 is 29.3 Å². The Hall–Kier alpha value is -3.42. The second-order valence-electron chi connectivity index (χ2n) is 6.29. The molecule has 0 aliphatic rings. The molecule has 0 bridgehead atoms. The molecule has 0 fully saturated rings. The van der Waals surface area contributed by atoms with Gasteiger partial charge in [-0.2, -0.15) is 0 Å². The molecule has 148 valence electrons. The standard InChI is InChI=1S/C20H22N2O6/c1-10-16(19(25)27-5)11(2)21-17(10)20(26)28-13(4)18(24)22-15-8-6-7-14(9-15)12(3)23/h6-9,13,21H,1-5H3,(H,22,24)/t13-/m0/s1. The van der Waals surface area contributed by atoms with Crippen LogP contribution in [0, 0.1) is 13.8 Å². The largest absolute Gasteiger partial charge is 0.465 e. The van der Waals surface area contributed by atoms with Gasteiger partial charge in [-0.05, 0) is 45.4 Å². The van der Waals surface area contributed by atoms with Crippen molar-refractivity contribution in [3.63, 3.8) is 0 Å². The summed E-state index contributed by atoms with van der Waals surface area (Å²) in [5.74, 6) is -2.02. The maximum atomic E-state index is 12.4. The molecule has 0 saturated heterocycles. The Kier molecular flexibility index (Phi) is 6.35. The van der Waals surface area contributed by atoms with Crippen LogP contribution < -0.4 is 5.32 Å². The molecule has 0 spiro atoms. The smallest absolute Gasteiger partial charge is 0.355 e. The number of methoxy groups -OCH3 is 1. The Labute approximate surface area is 162 Å². The van der Waals surface area contributed by atoms with E-state index in [9.17, 15) is 19.2 Å². The average Bonchev–Trinajstić information content (AvgIpc) is 2.95. The summed E-state index contributed by atoms with van der Waals surface area (Å²) in [5.41, 5.74) is 2.06. The highest BCUT2D eigenvalue weighted by Gasteiger charge is 2.26. The van der Waals surface area contributed by atoms with Crippen LogP contribution in [0.15, 0.2) is 24.3 Å². The van der Waals surface area contributed by atoms with E-state index < -0.39 is 23.9 Å². The van der Waals surface area contributed by atoms with Gasteiger partial charge in [0.2, 0.25) is 0 Å². The molecular formula is C20H22N2O6. The molecule has 2 N–H and O–H groups in total. The minimum absolute atomic E-state index is 0.0797. The zero-order valence-electron chi connectivity index (χ0n) is 16.3. The predicted octanol–water partition coefficient (Wildman–Crippen LogP) is 2.80. The summed E-state index contributed by atoms with van der Waals surface area (Å²) in [6, 6.07) is 6.44. The molecule has 28 heavy (non-hydrogen) atoms. The summed E-state index contributed by atoms with van der Waals surface area (Å²) in [5, 5.41) is 2.60. The van der Waals surface area contributed by atoms with Crippen molar-refractivity contribution < 1.29 is 28.7 Å². The molecule has 1 amide bonds. The molecule has 0 aliphatic carbocycles. The second-order valence-corrected chi connectivity index (χ2v) is 6.29. The van der Waals surface area contributed by atoms with Gasteiger partial charge in [0, 0.05) is 16.9 Å². The number of carbonyl (C=O) groups is 4. The highest BCUT2D eigenvalue weighted by atomic mass is 16.5. The van der Waals surface area contributed by atoms with Crippen molar-refractivity contribution in [3.8, 4) is 0 Å². The fourth-order valence-electron chi connectivity index (χ4n) is 2.70. The number of esters is 2. The Balaban J connectivity index is 2.10. The van der Waals surface area contributed by atoms with Gasteiger partial charge in [-0.1, -0.05) is 12.1 Å². The number of nitrogens with one attached hydrogen (secondary N) is 2. The minimum atomic E-state index is -1.10. The van der Waals surface area contributed by atoms with Gasteiger partial charge in [0.15, 0.2) is 11.9 Å². The number of hydrogen-bond acceptors (Lipinski definition) is 6. The quantitative estimate of drug-likeness (QED) is 0.583. The van der Waals surface area contributed by atoms with Crippen LogP contribution in [-0.4, -0.2) is 41.8 Å². The van der Waals surface area contributed by atoms with Crippen LogP contribution in [0.3, 0.4) is 0 Å². The molecule has 1 aromatic carbocycles. The lowest BCUT2D eigenvalue weighted by atomic mass is 10.1. The first kappa shape index (κ1) is 20.9. The van der Waals surface area contributed by atoms with E-state index in [4.69, 9.17) is 9.47 Å². The number of hydrogen-bond donors (Lipinski definition) is 2. The topological polar surface area (TPSA) is 115 Å². The van der Waals surface area contributed by atoms with Crippen molar-refractivity contribution in [2.24, 2.45) is 0 Å². The van der Waals surface area contributed by atoms with Gasteiger partial charge in [-0.3, -0.25) is 9.59 Å². The zero-order valence-corrected chi connectivity index (χ0v) is 16.3. The van der Waals surface area contributed by atoms with Crippen molar-refractivity contribution in [3.05, 3.63) is 52.3 Å². The molecule has 1 atom stereocenters. The molecule has 0 radical (unpaired) electrons. The Morgan fingerprint density at radius 3 is 2.39 bits per heavy atom. The normalized spacial score (nSPS) is 11.5. The highest BCUT2D eigenvalue weighted by Crippen LogP contribution is 2.20. The lowest BCUT2D eigenvalue weighted by molar-refractivity contribution is -0.123. The van der Waals surface area contributed by atoms with Crippen molar-refractivity contribution in [1.29, 1.82) is 0 Å². The molecule has 1 heterocycles. The fourth-order valence-corrected chi connectivity index (χ4v) is 2.70. The van der Waals surface area contributed by atoms with E-state index in [2.05, 4.69) is 10.3 Å². The molecule has 0 saturated carbocycles. The number of aromatic nitrogens is 1. The number of aryl methyl sites for hydroxylation is 1. The molecular weight excluding hydrogens is 364 g/mol. The summed E-state index contributed by atoms with van der Waals surface area (Å²) >= 11 is 0. The van der Waals surface area contributed by atoms with Gasteiger partial charge < -0.3 is 19.8 Å². The maximum absolute atomic E-state index is 12.4. The van der Waals surface area contributed by atoms with E-state index in [0.717, 1.165) is 0 Å². The summed E-state index contributed by atoms with van der Waals surface area (Å²) < 4.78 is 9.91. The first-order valence-corrected chi connectivity index (χ1v) is 8.56. The third-order valence-electron chi connectivity index (χ3n) is 4.22. The molecule has 8 nitrogen and oxygen atoms in total. The first-order valence-electron chi connectivity index (χ1n) is 8.56. The molecule has 1 aromatic heterocycles. The molecule has 2 rings (SSSR count). The summed E-state index contributed by atoms with van der Waals surface area (Å²) in [7, 11) is 1.25. The number of anilines is 1. The van der Waals surface area contributed by atoms with E-state index in [0.29, 0.717) is 22.5 Å². The predicted molar refractivity (Wildman–Crippen MR) is 102 cm³/mol. The van der Waals surface area contributed by atoms with Gasteiger partial charge in [0.05, 0.1) is 12.7 Å². The van der Waals surface area contributed by atoms with Gasteiger partial charge in [0.25, 0.3) is 5.91 Å². The monoisotopic (exact) mass is 386 g/mol. The number of H-pyrrole nitrogens is 1. The number of ether oxygens (including phenoxy) is 2. The zero-order chi connectivity index (χ0) is 21.0. The van der Waals surface area contributed by atoms with Gasteiger partial charge >= 0.3 is 11.9 Å². The lowest BCUT2D eigenvalue weighted by Gasteiger charge is -2.14. The van der Waals surface area contributed by atoms with E-state index >= 15 is 0 Å². The third-order valence-corrected chi connectivity index (χ3v) is 4.22. The van der Waals surface area contributed by atoms with Crippen LogP contribution in [0.4, 0.5) is 5.69 Å².